The summed E-state index contributed by atoms with van der Waals surface area (Å²) in [5, 5.41) is 9.58. The highest BCUT2D eigenvalue weighted by atomic mass is 16.5. The van der Waals surface area contributed by atoms with Gasteiger partial charge in [-0.05, 0) is 66.8 Å². The van der Waals surface area contributed by atoms with Crippen molar-refractivity contribution in [3.8, 4) is 33.6 Å². The van der Waals surface area contributed by atoms with Gasteiger partial charge in [0.05, 0.1) is 48.6 Å². The second-order valence-electron chi connectivity index (χ2n) is 15.3. The highest BCUT2D eigenvalue weighted by molar-refractivity contribution is 5.86. The molecule has 4 aromatic rings. The average Bonchev–Trinajstić information content (AvgIpc) is 3.98. The van der Waals surface area contributed by atoms with Crippen molar-refractivity contribution in [2.75, 3.05) is 41.0 Å². The van der Waals surface area contributed by atoms with Gasteiger partial charge in [0.2, 0.25) is 11.8 Å². The number of nitrogens with one attached hydrogen (secondary N) is 2. The van der Waals surface area contributed by atoms with E-state index in [9.17, 15) is 19.5 Å². The van der Waals surface area contributed by atoms with Gasteiger partial charge in [0.1, 0.15) is 17.7 Å². The van der Waals surface area contributed by atoms with Crippen molar-refractivity contribution in [3.05, 3.63) is 72.6 Å². The summed E-state index contributed by atoms with van der Waals surface area (Å²) in [6.45, 7) is 9.56. The van der Waals surface area contributed by atoms with E-state index in [2.05, 4.69) is 77.3 Å². The zero-order chi connectivity index (χ0) is 38.7. The molecule has 0 bridgehead atoms. The van der Waals surface area contributed by atoms with Crippen LogP contribution in [0.25, 0.3) is 33.6 Å². The first kappa shape index (κ1) is 38.7. The second kappa shape index (κ2) is 16.6. The van der Waals surface area contributed by atoms with E-state index in [-0.39, 0.29) is 41.8 Å². The zero-order valence-corrected chi connectivity index (χ0v) is 32.5. The Bertz CT molecular complexity index is 1900. The number of hydrogen-bond donors (Lipinski definition) is 3. The SMILES string of the molecule is COCN(C)[C@H](C(=O)N1CCC[C@H]1c1ncc(-c2ccc(-c3ccc(-c4cnc([C@@H]5CCCN5C(=O)[C@H](C(C)C)N(C)C(=O)O)[nH]4)cc3)cc2)[nH]1)C(C)C. The number of aromatic amines is 2. The molecule has 54 heavy (non-hydrogen) atoms. The molecule has 0 spiro atoms. The van der Waals surface area contributed by atoms with Crippen molar-refractivity contribution in [1.82, 2.24) is 39.5 Å². The molecular formula is C41H54N8O5. The molecule has 288 valence electrons. The fourth-order valence-electron chi connectivity index (χ4n) is 8.24. The standard InChI is InChI=1S/C41H54N8O5/c1-25(2)35(46(5)24-54-7)39(50)48-20-8-10-33(48)37-42-22-31(44-37)29-16-12-27(13-17-29)28-14-18-30(19-15-28)32-23-43-38(45-32)34-11-9-21-49(34)40(51)36(26(3)4)47(6)41(52)53/h12-19,22-23,25-26,33-36H,8-11,20-21,24H2,1-7H3,(H,42,44)(H,43,45)(H,52,53)/t33-,34-,35-,36-/m0/s1. The van der Waals surface area contributed by atoms with E-state index < -0.39 is 12.1 Å². The van der Waals surface area contributed by atoms with Crippen LogP contribution < -0.4 is 0 Å². The Labute approximate surface area is 317 Å². The minimum atomic E-state index is -1.12. The number of imidazole rings is 2. The minimum absolute atomic E-state index is 0.0881. The van der Waals surface area contributed by atoms with Crippen molar-refractivity contribution < 1.29 is 24.2 Å². The number of methoxy groups -OCH3 is 1. The van der Waals surface area contributed by atoms with Gasteiger partial charge in [0.15, 0.2) is 0 Å². The summed E-state index contributed by atoms with van der Waals surface area (Å²) in [7, 11) is 5.03. The van der Waals surface area contributed by atoms with Crippen LogP contribution in [0.3, 0.4) is 0 Å². The molecule has 13 heteroatoms. The van der Waals surface area contributed by atoms with Gasteiger partial charge in [-0.2, -0.15) is 0 Å². The summed E-state index contributed by atoms with van der Waals surface area (Å²) >= 11 is 0. The Kier molecular flexibility index (Phi) is 11.9. The molecule has 2 saturated heterocycles. The number of hydrogen-bond acceptors (Lipinski definition) is 7. The third-order valence-electron chi connectivity index (χ3n) is 10.9. The van der Waals surface area contributed by atoms with Crippen LogP contribution in [0.15, 0.2) is 60.9 Å². The Morgan fingerprint density at radius 1 is 0.741 bits per heavy atom. The molecule has 6 rings (SSSR count). The molecule has 0 radical (unpaired) electrons. The maximum Gasteiger partial charge on any atom is 0.407 e. The molecule has 2 fully saturated rings. The van der Waals surface area contributed by atoms with Crippen molar-refractivity contribution >= 4 is 17.9 Å². The average molecular weight is 739 g/mol. The molecule has 2 aromatic heterocycles. The van der Waals surface area contributed by atoms with Gasteiger partial charge in [0, 0.05) is 27.2 Å². The molecule has 0 saturated carbocycles. The summed E-state index contributed by atoms with van der Waals surface area (Å²) in [5.41, 5.74) is 5.91. The smallest absolute Gasteiger partial charge is 0.407 e. The Morgan fingerprint density at radius 2 is 1.15 bits per heavy atom. The van der Waals surface area contributed by atoms with Gasteiger partial charge in [0.25, 0.3) is 0 Å². The van der Waals surface area contributed by atoms with Crippen LogP contribution in [-0.4, -0.2) is 116 Å². The first-order valence-corrected chi connectivity index (χ1v) is 19.0. The van der Waals surface area contributed by atoms with Crippen LogP contribution in [-0.2, 0) is 14.3 Å². The Balaban J connectivity index is 1.11. The van der Waals surface area contributed by atoms with Crippen LogP contribution in [0.4, 0.5) is 4.79 Å². The van der Waals surface area contributed by atoms with Crippen LogP contribution in [0, 0.1) is 11.8 Å². The van der Waals surface area contributed by atoms with Gasteiger partial charge >= 0.3 is 6.09 Å². The summed E-state index contributed by atoms with van der Waals surface area (Å²) in [4.78, 5) is 62.3. The minimum Gasteiger partial charge on any atom is -0.465 e. The zero-order valence-electron chi connectivity index (χ0n) is 32.5. The van der Waals surface area contributed by atoms with E-state index in [0.717, 1.165) is 70.0 Å². The van der Waals surface area contributed by atoms with Gasteiger partial charge in [-0.3, -0.25) is 19.4 Å². The number of carbonyl (C=O) groups excluding carboxylic acids is 2. The maximum atomic E-state index is 13.8. The molecule has 0 aliphatic carbocycles. The molecule has 0 unspecified atom stereocenters. The number of rotatable bonds is 13. The number of carboxylic acid groups (broad SMARTS) is 1. The van der Waals surface area contributed by atoms with Crippen molar-refractivity contribution in [3.63, 3.8) is 0 Å². The van der Waals surface area contributed by atoms with Crippen LogP contribution in [0.2, 0.25) is 0 Å². The van der Waals surface area contributed by atoms with E-state index in [1.54, 1.807) is 18.2 Å². The highest BCUT2D eigenvalue weighted by Crippen LogP contribution is 2.35. The highest BCUT2D eigenvalue weighted by Gasteiger charge is 2.40. The number of nitrogens with zero attached hydrogens (tertiary/aromatic N) is 6. The van der Waals surface area contributed by atoms with E-state index in [4.69, 9.17) is 9.72 Å². The number of likely N-dealkylation sites (tertiary alicyclic amines) is 2. The monoisotopic (exact) mass is 738 g/mol. The fraction of sp³-hybridized carbons (Fsp3) is 0.488. The molecule has 2 aliphatic heterocycles. The summed E-state index contributed by atoms with van der Waals surface area (Å²) in [6, 6.07) is 15.3. The lowest BCUT2D eigenvalue weighted by Crippen LogP contribution is -2.51. The fourth-order valence-corrected chi connectivity index (χ4v) is 8.24. The Morgan fingerprint density at radius 3 is 1.54 bits per heavy atom. The number of likely N-dealkylation sites (N-methyl/N-ethyl adjacent to an activating group) is 2. The lowest BCUT2D eigenvalue weighted by atomic mass is 10.0. The van der Waals surface area contributed by atoms with Crippen LogP contribution >= 0.6 is 0 Å². The van der Waals surface area contributed by atoms with Crippen molar-refractivity contribution in [2.24, 2.45) is 11.8 Å². The number of amides is 3. The third-order valence-corrected chi connectivity index (χ3v) is 10.9. The van der Waals surface area contributed by atoms with E-state index >= 15 is 0 Å². The third kappa shape index (κ3) is 7.92. The molecule has 3 amide bonds. The summed E-state index contributed by atoms with van der Waals surface area (Å²) in [6.07, 6.45) is 5.94. The number of carbonyl (C=O) groups is 3. The van der Waals surface area contributed by atoms with Crippen LogP contribution in [0.1, 0.15) is 77.1 Å². The van der Waals surface area contributed by atoms with E-state index in [0.29, 0.717) is 25.6 Å². The second-order valence-corrected chi connectivity index (χ2v) is 15.3. The lowest BCUT2D eigenvalue weighted by Gasteiger charge is -2.34. The van der Waals surface area contributed by atoms with E-state index in [1.807, 2.05) is 36.9 Å². The van der Waals surface area contributed by atoms with Crippen molar-refractivity contribution in [1.29, 1.82) is 0 Å². The largest absolute Gasteiger partial charge is 0.465 e. The first-order chi connectivity index (χ1) is 25.9. The normalized spacial score (nSPS) is 18.6. The molecular weight excluding hydrogens is 685 g/mol. The topological polar surface area (TPSA) is 151 Å². The number of benzene rings is 2. The molecule has 2 aromatic carbocycles. The van der Waals surface area contributed by atoms with Crippen molar-refractivity contribution in [2.45, 2.75) is 77.5 Å². The van der Waals surface area contributed by atoms with Gasteiger partial charge < -0.3 is 29.6 Å². The number of ether oxygens (including phenoxy) is 1. The molecule has 4 heterocycles. The predicted molar refractivity (Wildman–Crippen MR) is 207 cm³/mol. The van der Waals surface area contributed by atoms with Gasteiger partial charge in [-0.1, -0.05) is 76.2 Å². The molecule has 13 nitrogen and oxygen atoms in total. The molecule has 4 atom stereocenters. The van der Waals surface area contributed by atoms with Gasteiger partial charge in [-0.15, -0.1) is 0 Å². The Hall–Kier alpha value is -5.01. The van der Waals surface area contributed by atoms with E-state index in [1.165, 1.54) is 7.05 Å². The first-order valence-electron chi connectivity index (χ1n) is 19.0. The maximum absolute atomic E-state index is 13.8. The summed E-state index contributed by atoms with van der Waals surface area (Å²) in [5.74, 6) is 1.43. The lowest BCUT2D eigenvalue weighted by molar-refractivity contribution is -0.141. The molecule has 2 aliphatic rings. The number of H-pyrrole nitrogens is 2. The quantitative estimate of drug-likeness (QED) is 0.129. The van der Waals surface area contributed by atoms with Gasteiger partial charge in [-0.25, -0.2) is 14.8 Å². The molecule has 3 N–H and O–H groups in total. The van der Waals surface area contributed by atoms with Crippen LogP contribution in [0.5, 0.6) is 0 Å². The predicted octanol–water partition coefficient (Wildman–Crippen LogP) is 6.66. The number of aromatic nitrogens is 4. The summed E-state index contributed by atoms with van der Waals surface area (Å²) < 4.78 is 5.33.